The van der Waals surface area contributed by atoms with E-state index in [9.17, 15) is 105 Å². The van der Waals surface area contributed by atoms with Gasteiger partial charge in [0.15, 0.2) is 0 Å². The minimum absolute atomic E-state index is 4.39. The summed E-state index contributed by atoms with van der Waals surface area (Å²) in [5, 5.41) is -12.9. The second-order valence-corrected chi connectivity index (χ2v) is 8.39. The van der Waals surface area contributed by atoms with Crippen molar-refractivity contribution in [3.63, 3.8) is 0 Å². The molecule has 0 aromatic rings. The molecular formula is C10HF22NO3S. The first kappa shape index (κ1) is 35.3. The summed E-state index contributed by atoms with van der Waals surface area (Å²) in [6.45, 7) is 0. The summed E-state index contributed by atoms with van der Waals surface area (Å²) in [6, 6.07) is 0. The molecule has 224 valence electrons. The summed E-state index contributed by atoms with van der Waals surface area (Å²) in [5.74, 6) is -55.0. The van der Waals surface area contributed by atoms with Gasteiger partial charge in [-0.1, -0.05) is 8.96 Å². The molecule has 27 heteroatoms. The first-order valence-electron chi connectivity index (χ1n) is 7.31. The SMILES string of the molecule is O=S(=O)(C(F)(F)C(F)(F)C(F)(F)C(F)(F)C(F)(F)C(F)(F)C(F)(F)C(F)(F)F)C(O)(N(F)F)C(F)(F)F. The number of nitrogens with zero attached hydrogens (tertiary/aromatic N) is 1. The average Bonchev–Trinajstić information content (AvgIpc) is 2.63. The van der Waals surface area contributed by atoms with Crippen LogP contribution in [-0.4, -0.2) is 77.1 Å². The summed E-state index contributed by atoms with van der Waals surface area (Å²) >= 11 is 0. The molecule has 1 N–H and O–H groups in total. The van der Waals surface area contributed by atoms with Crippen LogP contribution >= 0.6 is 0 Å². The molecule has 4 nitrogen and oxygen atoms in total. The minimum Gasteiger partial charge on any atom is -0.352 e. The van der Waals surface area contributed by atoms with Gasteiger partial charge in [0.05, 0.1) is 5.34 Å². The van der Waals surface area contributed by atoms with E-state index in [0.29, 0.717) is 0 Å². The minimum atomic E-state index is -9.64. The maximum absolute atomic E-state index is 13.6. The van der Waals surface area contributed by atoms with Gasteiger partial charge in [-0.15, -0.1) is 0 Å². The van der Waals surface area contributed by atoms with E-state index in [1.165, 1.54) is 0 Å². The van der Waals surface area contributed by atoms with E-state index in [-0.39, 0.29) is 0 Å². The van der Waals surface area contributed by atoms with Crippen LogP contribution in [0.5, 0.6) is 0 Å². The average molecular weight is 633 g/mol. The Morgan fingerprint density at radius 3 is 0.892 bits per heavy atom. The van der Waals surface area contributed by atoms with E-state index < -0.39 is 73.4 Å². The van der Waals surface area contributed by atoms with Crippen LogP contribution in [0.2, 0.25) is 0 Å². The van der Waals surface area contributed by atoms with Gasteiger partial charge < -0.3 is 5.11 Å². The molecule has 0 bridgehead atoms. The molecular weight excluding hydrogens is 632 g/mol. The van der Waals surface area contributed by atoms with Gasteiger partial charge in [-0.25, -0.2) is 8.42 Å². The van der Waals surface area contributed by atoms with Gasteiger partial charge in [-0.2, -0.15) is 87.8 Å². The predicted molar refractivity (Wildman–Crippen MR) is 64.7 cm³/mol. The number of rotatable bonds is 9. The van der Waals surface area contributed by atoms with E-state index in [1.54, 1.807) is 0 Å². The summed E-state index contributed by atoms with van der Waals surface area (Å²) in [5.41, 5.74) is 0. The van der Waals surface area contributed by atoms with Crippen molar-refractivity contribution in [3.8, 4) is 0 Å². The van der Waals surface area contributed by atoms with Gasteiger partial charge in [0, 0.05) is 0 Å². The van der Waals surface area contributed by atoms with Crippen LogP contribution < -0.4 is 0 Å². The smallest absolute Gasteiger partial charge is 0.352 e. The first-order valence-corrected chi connectivity index (χ1v) is 8.79. The van der Waals surface area contributed by atoms with Crippen LogP contribution in [0.1, 0.15) is 0 Å². The molecule has 0 radical (unpaired) electrons. The standard InChI is InChI=1S/C10HF22NO3S/c11-1(12,3(15,16)5(19,20)7(23,24)25)2(13,14)4(17,18)6(21,22)9(29,30)37(35,36)10(34,33(31)32)8(26,27)28/h34H. The molecule has 37 heavy (non-hydrogen) atoms. The van der Waals surface area contributed by atoms with Crippen molar-refractivity contribution >= 4 is 9.84 Å². The van der Waals surface area contributed by atoms with Crippen LogP contribution in [0.15, 0.2) is 0 Å². The quantitative estimate of drug-likeness (QED) is 0.203. The maximum atomic E-state index is 13.6. The Kier molecular flexibility index (Phi) is 8.03. The third-order valence-corrected chi connectivity index (χ3v) is 6.05. The van der Waals surface area contributed by atoms with Crippen LogP contribution in [0, 0.1) is 0 Å². The number of hydrogen-bond acceptors (Lipinski definition) is 4. The second kappa shape index (κ2) is 8.41. The molecule has 0 aliphatic rings. The van der Waals surface area contributed by atoms with Crippen LogP contribution in [0.3, 0.4) is 0 Å². The van der Waals surface area contributed by atoms with Crippen molar-refractivity contribution in [2.45, 2.75) is 58.2 Å². The molecule has 0 aromatic carbocycles. The van der Waals surface area contributed by atoms with Crippen molar-refractivity contribution in [3.05, 3.63) is 0 Å². The number of hydrogen-bond donors (Lipinski definition) is 1. The van der Waals surface area contributed by atoms with Crippen LogP contribution in [0.4, 0.5) is 96.8 Å². The number of sulfone groups is 1. The van der Waals surface area contributed by atoms with E-state index in [4.69, 9.17) is 5.11 Å². The normalized spacial score (nSPS) is 18.3. The summed E-state index contributed by atoms with van der Waals surface area (Å²) in [7, 11) is -9.64. The van der Waals surface area contributed by atoms with Gasteiger partial charge in [0.1, 0.15) is 0 Å². The number of alkyl halides is 20. The fourth-order valence-corrected chi connectivity index (χ4v) is 3.15. The molecule has 0 aromatic heterocycles. The molecule has 1 atom stereocenters. The third kappa shape index (κ3) is 4.03. The highest BCUT2D eigenvalue weighted by Crippen LogP contribution is 2.65. The topological polar surface area (TPSA) is 57.6 Å². The van der Waals surface area contributed by atoms with Crippen LogP contribution in [0.25, 0.3) is 0 Å². The van der Waals surface area contributed by atoms with Gasteiger partial charge in [0.25, 0.3) is 9.84 Å². The highest BCUT2D eigenvalue weighted by Gasteiger charge is 2.97. The zero-order chi connectivity index (χ0) is 31.1. The summed E-state index contributed by atoms with van der Waals surface area (Å²) in [4.78, 5) is 0. The Labute approximate surface area is 185 Å². The summed E-state index contributed by atoms with van der Waals surface area (Å²) < 4.78 is 305. The molecule has 0 amide bonds. The first-order chi connectivity index (χ1) is 15.4. The van der Waals surface area contributed by atoms with Crippen LogP contribution in [-0.2, 0) is 9.84 Å². The second-order valence-electron chi connectivity index (χ2n) is 6.30. The van der Waals surface area contributed by atoms with Crippen molar-refractivity contribution in [1.29, 1.82) is 0 Å². The highest BCUT2D eigenvalue weighted by atomic mass is 32.2. The predicted octanol–water partition coefficient (Wildman–Crippen LogP) is 5.65. The van der Waals surface area contributed by atoms with Gasteiger partial charge >= 0.3 is 58.2 Å². The molecule has 0 heterocycles. The van der Waals surface area contributed by atoms with Crippen molar-refractivity contribution in [1.82, 2.24) is 5.34 Å². The van der Waals surface area contributed by atoms with Gasteiger partial charge in [0.2, 0.25) is 0 Å². The Bertz CT molecular complexity index is 962. The van der Waals surface area contributed by atoms with Gasteiger partial charge in [-0.05, 0) is 0 Å². The van der Waals surface area contributed by atoms with E-state index in [1.807, 2.05) is 0 Å². The maximum Gasteiger partial charge on any atom is 0.460 e. The van der Waals surface area contributed by atoms with Crippen molar-refractivity contribution in [2.24, 2.45) is 0 Å². The molecule has 0 fully saturated rings. The molecule has 0 rings (SSSR count). The Morgan fingerprint density at radius 2 is 0.676 bits per heavy atom. The van der Waals surface area contributed by atoms with Crippen molar-refractivity contribution in [2.75, 3.05) is 0 Å². The van der Waals surface area contributed by atoms with E-state index in [0.717, 1.165) is 0 Å². The fraction of sp³-hybridized carbons (Fsp3) is 1.00. The van der Waals surface area contributed by atoms with Crippen molar-refractivity contribution < 1.29 is 110 Å². The zero-order valence-corrected chi connectivity index (χ0v) is 16.3. The van der Waals surface area contributed by atoms with E-state index >= 15 is 0 Å². The Morgan fingerprint density at radius 1 is 0.432 bits per heavy atom. The largest absolute Gasteiger partial charge is 0.460 e. The lowest BCUT2D eigenvalue weighted by molar-refractivity contribution is -0.458. The highest BCUT2D eigenvalue weighted by molar-refractivity contribution is 7.93. The molecule has 0 saturated carbocycles. The molecule has 1 unspecified atom stereocenters. The molecule has 0 spiro atoms. The molecule has 0 aliphatic carbocycles. The Hall–Kier alpha value is -1.67. The lowest BCUT2D eigenvalue weighted by Gasteiger charge is -2.43. The summed E-state index contributed by atoms with van der Waals surface area (Å²) in [6.07, 6.45) is -16.0. The zero-order valence-electron chi connectivity index (χ0n) is 15.4. The molecule has 0 aliphatic heterocycles. The number of aliphatic hydroxyl groups is 1. The fourth-order valence-electron chi connectivity index (χ4n) is 1.84. The Balaban J connectivity index is 7.39. The lowest BCUT2D eigenvalue weighted by Crippen LogP contribution is -2.76. The van der Waals surface area contributed by atoms with Gasteiger partial charge in [-0.3, -0.25) is 0 Å². The van der Waals surface area contributed by atoms with E-state index in [2.05, 4.69) is 0 Å². The monoisotopic (exact) mass is 633 g/mol. The molecule has 0 saturated heterocycles. The lowest BCUT2D eigenvalue weighted by atomic mass is 9.91. The number of halogens is 22. The third-order valence-electron chi connectivity index (χ3n) is 4.00.